The SMILES string of the molecule is CN(Cc1ccc2c(c1)OCCO2)C(=O)COC(=O)C1CC(=O)N(Cc2ccccc2)C1. The van der Waals surface area contributed by atoms with Crippen LogP contribution in [0, 0.1) is 5.92 Å². The van der Waals surface area contributed by atoms with Crippen molar-refractivity contribution in [2.45, 2.75) is 19.5 Å². The molecule has 32 heavy (non-hydrogen) atoms. The van der Waals surface area contributed by atoms with Crippen molar-refractivity contribution in [1.29, 1.82) is 0 Å². The lowest BCUT2D eigenvalue weighted by molar-refractivity contribution is -0.155. The van der Waals surface area contributed by atoms with Crippen molar-refractivity contribution in [2.24, 2.45) is 5.92 Å². The number of hydrogen-bond acceptors (Lipinski definition) is 6. The van der Waals surface area contributed by atoms with Crippen LogP contribution in [0.25, 0.3) is 0 Å². The lowest BCUT2D eigenvalue weighted by Gasteiger charge is -2.21. The van der Waals surface area contributed by atoms with Crippen LogP contribution in [0.15, 0.2) is 48.5 Å². The second-order valence-electron chi connectivity index (χ2n) is 8.00. The monoisotopic (exact) mass is 438 g/mol. The smallest absolute Gasteiger partial charge is 0.311 e. The summed E-state index contributed by atoms with van der Waals surface area (Å²) in [5.74, 6) is -0.129. The molecule has 2 aromatic carbocycles. The second-order valence-corrected chi connectivity index (χ2v) is 8.00. The first-order chi connectivity index (χ1) is 15.5. The first kappa shape index (κ1) is 21.7. The van der Waals surface area contributed by atoms with Crippen LogP contribution in [0.1, 0.15) is 17.5 Å². The Balaban J connectivity index is 1.24. The predicted octanol–water partition coefficient (Wildman–Crippen LogP) is 2.01. The summed E-state index contributed by atoms with van der Waals surface area (Å²) in [5.41, 5.74) is 1.89. The fraction of sp³-hybridized carbons (Fsp3) is 0.375. The number of carbonyl (C=O) groups excluding carboxylic acids is 3. The Hall–Kier alpha value is -3.55. The van der Waals surface area contributed by atoms with Gasteiger partial charge in [-0.25, -0.2) is 0 Å². The highest BCUT2D eigenvalue weighted by Gasteiger charge is 2.35. The molecule has 2 aromatic rings. The molecule has 0 aliphatic carbocycles. The summed E-state index contributed by atoms with van der Waals surface area (Å²) in [6.07, 6.45) is 0.104. The summed E-state index contributed by atoms with van der Waals surface area (Å²) in [7, 11) is 1.65. The molecule has 4 rings (SSSR count). The van der Waals surface area contributed by atoms with Crippen molar-refractivity contribution < 1.29 is 28.6 Å². The minimum atomic E-state index is -0.554. The standard InChI is InChI=1S/C24H26N2O6/c1-25(13-18-7-8-20-21(11-18)31-10-9-30-20)23(28)16-32-24(29)19-12-22(27)26(15-19)14-17-5-3-2-4-6-17/h2-8,11,19H,9-10,12-16H2,1H3. The molecule has 8 heteroatoms. The molecule has 1 atom stereocenters. The van der Waals surface area contributed by atoms with Crippen LogP contribution < -0.4 is 9.47 Å². The fourth-order valence-corrected chi connectivity index (χ4v) is 3.80. The Labute approximate surface area is 186 Å². The zero-order valence-electron chi connectivity index (χ0n) is 18.0. The Morgan fingerprint density at radius 2 is 1.81 bits per heavy atom. The van der Waals surface area contributed by atoms with Crippen LogP contribution in [-0.4, -0.2) is 61.0 Å². The van der Waals surface area contributed by atoms with Gasteiger partial charge in [-0.15, -0.1) is 0 Å². The van der Waals surface area contributed by atoms with Crippen LogP contribution in [0.2, 0.25) is 0 Å². The van der Waals surface area contributed by atoms with E-state index in [4.69, 9.17) is 14.2 Å². The average molecular weight is 438 g/mol. The molecule has 0 radical (unpaired) electrons. The second kappa shape index (κ2) is 9.72. The van der Waals surface area contributed by atoms with Gasteiger partial charge in [0.2, 0.25) is 5.91 Å². The van der Waals surface area contributed by atoms with Gasteiger partial charge in [-0.1, -0.05) is 36.4 Å². The Morgan fingerprint density at radius 3 is 2.59 bits per heavy atom. The maximum atomic E-state index is 12.4. The van der Waals surface area contributed by atoms with Gasteiger partial charge in [-0.05, 0) is 23.3 Å². The maximum Gasteiger partial charge on any atom is 0.311 e. The van der Waals surface area contributed by atoms with Crippen molar-refractivity contribution in [3.8, 4) is 11.5 Å². The normalized spacial score (nSPS) is 17.2. The molecule has 0 spiro atoms. The van der Waals surface area contributed by atoms with E-state index in [0.29, 0.717) is 44.3 Å². The summed E-state index contributed by atoms with van der Waals surface area (Å²) >= 11 is 0. The molecule has 0 aromatic heterocycles. The van der Waals surface area contributed by atoms with Gasteiger partial charge in [0.05, 0.1) is 5.92 Å². The van der Waals surface area contributed by atoms with E-state index in [9.17, 15) is 14.4 Å². The summed E-state index contributed by atoms with van der Waals surface area (Å²) in [4.78, 5) is 40.3. The molecule has 168 valence electrons. The molecule has 2 amide bonds. The van der Waals surface area contributed by atoms with Crippen molar-refractivity contribution >= 4 is 17.8 Å². The van der Waals surface area contributed by atoms with Gasteiger partial charge >= 0.3 is 5.97 Å². The van der Waals surface area contributed by atoms with Gasteiger partial charge in [-0.2, -0.15) is 0 Å². The molecule has 2 aliphatic rings. The van der Waals surface area contributed by atoms with E-state index in [2.05, 4.69) is 0 Å². The molecule has 0 saturated carbocycles. The number of rotatable bonds is 7. The summed E-state index contributed by atoms with van der Waals surface area (Å²) in [6.45, 7) is 1.76. The molecular weight excluding hydrogens is 412 g/mol. The lowest BCUT2D eigenvalue weighted by Crippen LogP contribution is -2.32. The molecule has 0 N–H and O–H groups in total. The van der Waals surface area contributed by atoms with Crippen LogP contribution in [0.3, 0.4) is 0 Å². The summed E-state index contributed by atoms with van der Waals surface area (Å²) < 4.78 is 16.3. The molecule has 1 saturated heterocycles. The van der Waals surface area contributed by atoms with E-state index in [1.165, 1.54) is 4.90 Å². The first-order valence-electron chi connectivity index (χ1n) is 10.6. The molecular formula is C24H26N2O6. The number of likely N-dealkylation sites (tertiary alicyclic amines) is 1. The van der Waals surface area contributed by atoms with Crippen LogP contribution in [0.4, 0.5) is 0 Å². The van der Waals surface area contributed by atoms with Gasteiger partial charge in [0.15, 0.2) is 18.1 Å². The lowest BCUT2D eigenvalue weighted by atomic mass is 10.1. The highest BCUT2D eigenvalue weighted by Crippen LogP contribution is 2.31. The van der Waals surface area contributed by atoms with E-state index in [1.807, 2.05) is 48.5 Å². The Bertz CT molecular complexity index is 993. The van der Waals surface area contributed by atoms with Gasteiger partial charge < -0.3 is 24.0 Å². The number of likely N-dealkylation sites (N-methyl/N-ethyl adjacent to an activating group) is 1. The van der Waals surface area contributed by atoms with Gasteiger partial charge in [0, 0.05) is 33.1 Å². The average Bonchev–Trinajstić information content (AvgIpc) is 3.18. The van der Waals surface area contributed by atoms with Crippen LogP contribution in [0.5, 0.6) is 11.5 Å². The van der Waals surface area contributed by atoms with Crippen LogP contribution >= 0.6 is 0 Å². The van der Waals surface area contributed by atoms with Gasteiger partial charge in [0.25, 0.3) is 5.91 Å². The van der Waals surface area contributed by atoms with E-state index >= 15 is 0 Å². The molecule has 1 unspecified atom stereocenters. The Kier molecular flexibility index (Phi) is 6.58. The number of amides is 2. The number of hydrogen-bond donors (Lipinski definition) is 0. The Morgan fingerprint density at radius 1 is 1.06 bits per heavy atom. The molecule has 2 aliphatic heterocycles. The highest BCUT2D eigenvalue weighted by atomic mass is 16.6. The van der Waals surface area contributed by atoms with Crippen LogP contribution in [-0.2, 0) is 32.2 Å². The van der Waals surface area contributed by atoms with Crippen molar-refractivity contribution in [3.05, 3.63) is 59.7 Å². The first-order valence-corrected chi connectivity index (χ1v) is 10.6. The molecule has 8 nitrogen and oxygen atoms in total. The minimum absolute atomic E-state index is 0.0853. The maximum absolute atomic E-state index is 12.4. The predicted molar refractivity (Wildman–Crippen MR) is 115 cm³/mol. The van der Waals surface area contributed by atoms with E-state index in [1.54, 1.807) is 11.9 Å². The molecule has 2 heterocycles. The number of nitrogens with zero attached hydrogens (tertiary/aromatic N) is 2. The fourth-order valence-electron chi connectivity index (χ4n) is 3.80. The highest BCUT2D eigenvalue weighted by molar-refractivity contribution is 5.88. The minimum Gasteiger partial charge on any atom is -0.486 e. The summed E-state index contributed by atoms with van der Waals surface area (Å²) in [6, 6.07) is 15.1. The van der Waals surface area contributed by atoms with Gasteiger partial charge in [-0.3, -0.25) is 14.4 Å². The number of benzene rings is 2. The topological polar surface area (TPSA) is 85.4 Å². The molecule has 0 bridgehead atoms. The quantitative estimate of drug-likeness (QED) is 0.615. The zero-order chi connectivity index (χ0) is 22.5. The van der Waals surface area contributed by atoms with E-state index in [-0.39, 0.29) is 24.8 Å². The van der Waals surface area contributed by atoms with Crippen molar-refractivity contribution in [3.63, 3.8) is 0 Å². The molecule has 1 fully saturated rings. The third kappa shape index (κ3) is 5.19. The van der Waals surface area contributed by atoms with Gasteiger partial charge in [0.1, 0.15) is 13.2 Å². The number of esters is 1. The van der Waals surface area contributed by atoms with E-state index < -0.39 is 11.9 Å². The van der Waals surface area contributed by atoms with Crippen molar-refractivity contribution in [1.82, 2.24) is 9.80 Å². The third-order valence-corrected chi connectivity index (χ3v) is 5.55. The number of carbonyl (C=O) groups is 3. The summed E-state index contributed by atoms with van der Waals surface area (Å²) in [5, 5.41) is 0. The van der Waals surface area contributed by atoms with Crippen molar-refractivity contribution in [2.75, 3.05) is 33.4 Å². The zero-order valence-corrected chi connectivity index (χ0v) is 18.0. The largest absolute Gasteiger partial charge is 0.486 e. The van der Waals surface area contributed by atoms with E-state index in [0.717, 1.165) is 11.1 Å². The number of ether oxygens (including phenoxy) is 3. The number of fused-ring (bicyclic) bond motifs is 1. The third-order valence-electron chi connectivity index (χ3n) is 5.55.